The second-order valence-corrected chi connectivity index (χ2v) is 3.85. The van der Waals surface area contributed by atoms with Crippen LogP contribution in [0.2, 0.25) is 0 Å². The van der Waals surface area contributed by atoms with Crippen LogP contribution in [-0.2, 0) is 4.79 Å². The number of carbonyl (C=O) groups is 1. The minimum absolute atomic E-state index is 0.0258. The average Bonchev–Trinajstić information content (AvgIpc) is 2.22. The molecule has 0 aliphatic carbocycles. The Labute approximate surface area is 98.4 Å². The molecule has 0 bridgehead atoms. The van der Waals surface area contributed by atoms with Gasteiger partial charge in [-0.2, -0.15) is 0 Å². The van der Waals surface area contributed by atoms with Crippen molar-refractivity contribution in [3.05, 3.63) is 0 Å². The SMILES string of the molecule is CC(C)(O)O.O=CC(O)C(O)C(O)C(O)CO. The topological polar surface area (TPSA) is 159 Å². The molecule has 0 rings (SSSR count). The van der Waals surface area contributed by atoms with Crippen LogP contribution >= 0.6 is 0 Å². The molecule has 0 saturated carbocycles. The Balaban J connectivity index is 0. The van der Waals surface area contributed by atoms with E-state index in [0.29, 0.717) is 0 Å². The molecule has 0 heterocycles. The molecule has 0 spiro atoms. The fraction of sp³-hybridized carbons (Fsp3) is 0.889. The summed E-state index contributed by atoms with van der Waals surface area (Å²) < 4.78 is 0. The highest BCUT2D eigenvalue weighted by molar-refractivity contribution is 5.56. The van der Waals surface area contributed by atoms with E-state index in [9.17, 15) is 4.79 Å². The molecule has 0 amide bonds. The molecule has 0 aliphatic heterocycles. The zero-order valence-corrected chi connectivity index (χ0v) is 9.63. The second kappa shape index (κ2) is 8.48. The summed E-state index contributed by atoms with van der Waals surface area (Å²) in [6, 6.07) is 0. The lowest BCUT2D eigenvalue weighted by atomic mass is 10.0. The molecule has 4 atom stereocenters. The molecule has 0 radical (unpaired) electrons. The molecule has 0 saturated heterocycles. The second-order valence-electron chi connectivity index (χ2n) is 3.85. The van der Waals surface area contributed by atoms with E-state index in [0.717, 1.165) is 0 Å². The number of rotatable bonds is 5. The predicted molar refractivity (Wildman–Crippen MR) is 55.7 cm³/mol. The summed E-state index contributed by atoms with van der Waals surface area (Å²) in [4.78, 5) is 9.90. The van der Waals surface area contributed by atoms with Gasteiger partial charge in [0.15, 0.2) is 12.1 Å². The van der Waals surface area contributed by atoms with Gasteiger partial charge in [0.25, 0.3) is 0 Å². The molecule has 0 aliphatic rings. The summed E-state index contributed by atoms with van der Waals surface area (Å²) in [5.41, 5.74) is 0. The molecular formula is C9H20O8. The number of hydrogen-bond donors (Lipinski definition) is 7. The molecule has 4 unspecified atom stereocenters. The van der Waals surface area contributed by atoms with Crippen LogP contribution in [0.25, 0.3) is 0 Å². The Bertz CT molecular complexity index is 196. The first kappa shape index (κ1) is 18.7. The van der Waals surface area contributed by atoms with Gasteiger partial charge in [0.05, 0.1) is 6.61 Å². The van der Waals surface area contributed by atoms with Gasteiger partial charge in [-0.25, -0.2) is 0 Å². The normalized spacial score (nSPS) is 18.4. The highest BCUT2D eigenvalue weighted by Crippen LogP contribution is 2.02. The first-order valence-electron chi connectivity index (χ1n) is 4.77. The van der Waals surface area contributed by atoms with Crippen LogP contribution < -0.4 is 0 Å². The van der Waals surface area contributed by atoms with Crippen LogP contribution in [0.3, 0.4) is 0 Å². The summed E-state index contributed by atoms with van der Waals surface area (Å²) in [6.07, 6.45) is -6.84. The summed E-state index contributed by atoms with van der Waals surface area (Å²) in [7, 11) is 0. The maximum Gasteiger partial charge on any atom is 0.156 e. The summed E-state index contributed by atoms with van der Waals surface area (Å²) in [5, 5.41) is 59.7. The summed E-state index contributed by atoms with van der Waals surface area (Å²) >= 11 is 0. The van der Waals surface area contributed by atoms with Crippen LogP contribution in [0.15, 0.2) is 0 Å². The third-order valence-electron chi connectivity index (χ3n) is 1.42. The smallest absolute Gasteiger partial charge is 0.156 e. The maximum atomic E-state index is 9.90. The van der Waals surface area contributed by atoms with Crippen molar-refractivity contribution in [3.8, 4) is 0 Å². The quantitative estimate of drug-likeness (QED) is 0.196. The average molecular weight is 256 g/mol. The van der Waals surface area contributed by atoms with E-state index in [2.05, 4.69) is 0 Å². The number of aldehydes is 1. The molecule has 0 aromatic heterocycles. The molecule has 104 valence electrons. The number of aliphatic hydroxyl groups is 7. The minimum Gasteiger partial charge on any atom is -0.394 e. The Morgan fingerprint density at radius 3 is 1.65 bits per heavy atom. The predicted octanol–water partition coefficient (Wildman–Crippen LogP) is -3.67. The van der Waals surface area contributed by atoms with Crippen LogP contribution in [-0.4, -0.2) is 78.8 Å². The maximum absolute atomic E-state index is 9.90. The van der Waals surface area contributed by atoms with Crippen molar-refractivity contribution in [2.45, 2.75) is 44.1 Å². The van der Waals surface area contributed by atoms with Gasteiger partial charge in [-0.05, 0) is 13.8 Å². The first-order valence-corrected chi connectivity index (χ1v) is 4.77. The van der Waals surface area contributed by atoms with E-state index < -0.39 is 36.8 Å². The monoisotopic (exact) mass is 256 g/mol. The van der Waals surface area contributed by atoms with Gasteiger partial charge >= 0.3 is 0 Å². The van der Waals surface area contributed by atoms with Gasteiger partial charge in [-0.1, -0.05) is 0 Å². The fourth-order valence-electron chi connectivity index (χ4n) is 0.618. The number of carbonyl (C=O) groups excluding carboxylic acids is 1. The summed E-state index contributed by atoms with van der Waals surface area (Å²) in [6.45, 7) is 1.84. The lowest BCUT2D eigenvalue weighted by Gasteiger charge is -2.22. The van der Waals surface area contributed by atoms with Crippen LogP contribution in [0.1, 0.15) is 13.8 Å². The van der Waals surface area contributed by atoms with Crippen molar-refractivity contribution in [1.82, 2.24) is 0 Å². The van der Waals surface area contributed by atoms with E-state index in [-0.39, 0.29) is 6.29 Å². The molecule has 17 heavy (non-hydrogen) atoms. The molecule has 0 aromatic carbocycles. The van der Waals surface area contributed by atoms with Gasteiger partial charge in [-0.15, -0.1) is 0 Å². The van der Waals surface area contributed by atoms with Crippen LogP contribution in [0.5, 0.6) is 0 Å². The zero-order chi connectivity index (χ0) is 14.2. The van der Waals surface area contributed by atoms with Crippen molar-refractivity contribution < 1.29 is 40.5 Å². The standard InChI is InChI=1S/C6H12O6.C3H8O2/c7-1-3(9)5(11)6(12)4(10)2-8;1-3(2,4)5/h1,3-6,8-12H,2H2;4-5H,1-2H3. The summed E-state index contributed by atoms with van der Waals surface area (Å²) in [5.74, 6) is -1.50. The van der Waals surface area contributed by atoms with E-state index in [1.165, 1.54) is 13.8 Å². The molecule has 0 fully saturated rings. The van der Waals surface area contributed by atoms with E-state index in [4.69, 9.17) is 35.7 Å². The molecular weight excluding hydrogens is 236 g/mol. The third-order valence-corrected chi connectivity index (χ3v) is 1.42. The Morgan fingerprint density at radius 2 is 1.41 bits per heavy atom. The molecule has 8 heteroatoms. The lowest BCUT2D eigenvalue weighted by molar-refractivity contribution is -0.136. The van der Waals surface area contributed by atoms with Crippen LogP contribution in [0, 0.1) is 0 Å². The van der Waals surface area contributed by atoms with Gasteiger partial charge in [0.1, 0.15) is 24.4 Å². The van der Waals surface area contributed by atoms with Gasteiger partial charge in [0.2, 0.25) is 0 Å². The Morgan fingerprint density at radius 1 is 1.06 bits per heavy atom. The van der Waals surface area contributed by atoms with Gasteiger partial charge in [-0.3, -0.25) is 0 Å². The minimum atomic E-state index is -1.79. The highest BCUT2D eigenvalue weighted by Gasteiger charge is 2.29. The van der Waals surface area contributed by atoms with E-state index in [1.54, 1.807) is 0 Å². The van der Waals surface area contributed by atoms with Gasteiger partial charge in [0, 0.05) is 0 Å². The Kier molecular flexibility index (Phi) is 9.35. The molecule has 7 N–H and O–H groups in total. The highest BCUT2D eigenvalue weighted by atomic mass is 16.5. The third kappa shape index (κ3) is 11.6. The molecule has 8 nitrogen and oxygen atoms in total. The van der Waals surface area contributed by atoms with E-state index in [1.807, 2.05) is 0 Å². The zero-order valence-electron chi connectivity index (χ0n) is 9.63. The van der Waals surface area contributed by atoms with Gasteiger partial charge < -0.3 is 40.5 Å². The van der Waals surface area contributed by atoms with Crippen molar-refractivity contribution in [2.75, 3.05) is 6.61 Å². The first-order chi connectivity index (χ1) is 7.54. The van der Waals surface area contributed by atoms with Crippen molar-refractivity contribution in [1.29, 1.82) is 0 Å². The molecule has 0 aromatic rings. The van der Waals surface area contributed by atoms with Crippen molar-refractivity contribution >= 4 is 6.29 Å². The van der Waals surface area contributed by atoms with Crippen molar-refractivity contribution in [2.24, 2.45) is 0 Å². The van der Waals surface area contributed by atoms with Crippen LogP contribution in [0.4, 0.5) is 0 Å². The number of aliphatic hydroxyl groups excluding tert-OH is 5. The van der Waals surface area contributed by atoms with E-state index >= 15 is 0 Å². The van der Waals surface area contributed by atoms with Crippen molar-refractivity contribution in [3.63, 3.8) is 0 Å². The number of hydrogen-bond acceptors (Lipinski definition) is 8. The Hall–Kier alpha value is -0.610. The fourth-order valence-corrected chi connectivity index (χ4v) is 0.618. The lowest BCUT2D eigenvalue weighted by Crippen LogP contribution is -2.46. The largest absolute Gasteiger partial charge is 0.394 e.